The second-order valence-electron chi connectivity index (χ2n) is 3.44. The molecule has 0 aromatic carbocycles. The molecule has 3 heteroatoms. The van der Waals surface area contributed by atoms with Crippen LogP contribution in [0.15, 0.2) is 0 Å². The van der Waals surface area contributed by atoms with E-state index in [-0.39, 0.29) is 12.3 Å². The zero-order valence-corrected chi connectivity index (χ0v) is 7.79. The molecule has 0 aliphatic carbocycles. The van der Waals surface area contributed by atoms with Crippen LogP contribution in [0.5, 0.6) is 0 Å². The summed E-state index contributed by atoms with van der Waals surface area (Å²) >= 11 is 0. The van der Waals surface area contributed by atoms with Crippen molar-refractivity contribution in [3.8, 4) is 0 Å². The predicted octanol–water partition coefficient (Wildman–Crippen LogP) is 1.96. The van der Waals surface area contributed by atoms with Crippen molar-refractivity contribution >= 4 is 0 Å². The minimum Gasteiger partial charge on any atom is -0.303 e. The van der Waals surface area contributed by atoms with Crippen molar-refractivity contribution < 1.29 is 9.78 Å². The van der Waals surface area contributed by atoms with Gasteiger partial charge in [-0.25, -0.2) is 9.78 Å². The largest absolute Gasteiger partial charge is 0.303 e. The second kappa shape index (κ2) is 5.51. The first-order chi connectivity index (χ1) is 5.83. The van der Waals surface area contributed by atoms with Crippen molar-refractivity contribution in [2.24, 2.45) is 5.73 Å². The number of unbranched alkanes of at least 4 members (excludes halogenated alkanes) is 3. The van der Waals surface area contributed by atoms with Gasteiger partial charge in [-0.05, 0) is 6.42 Å². The Morgan fingerprint density at radius 2 is 2.08 bits per heavy atom. The minimum absolute atomic E-state index is 0.193. The summed E-state index contributed by atoms with van der Waals surface area (Å²) in [5.41, 5.74) is 5.51. The molecule has 2 N–H and O–H groups in total. The lowest BCUT2D eigenvalue weighted by Gasteiger charge is -2.04. The summed E-state index contributed by atoms with van der Waals surface area (Å²) in [6, 6.07) is 0. The average Bonchev–Trinajstić information content (AvgIpc) is 2.45. The van der Waals surface area contributed by atoms with E-state index in [0.29, 0.717) is 0 Å². The highest BCUT2D eigenvalue weighted by molar-refractivity contribution is 4.64. The maximum absolute atomic E-state index is 5.51. The van der Waals surface area contributed by atoms with Gasteiger partial charge in [0.2, 0.25) is 0 Å². The van der Waals surface area contributed by atoms with E-state index in [1.165, 1.54) is 25.7 Å². The lowest BCUT2D eigenvalue weighted by atomic mass is 10.1. The van der Waals surface area contributed by atoms with Crippen molar-refractivity contribution in [2.75, 3.05) is 0 Å². The molecule has 0 bridgehead atoms. The first kappa shape index (κ1) is 9.96. The fourth-order valence-corrected chi connectivity index (χ4v) is 1.45. The molecule has 3 nitrogen and oxygen atoms in total. The third-order valence-electron chi connectivity index (χ3n) is 2.19. The van der Waals surface area contributed by atoms with Gasteiger partial charge >= 0.3 is 0 Å². The molecule has 1 aliphatic heterocycles. The van der Waals surface area contributed by atoms with Crippen LogP contribution in [0, 0.1) is 0 Å². The Kier molecular flexibility index (Phi) is 4.58. The standard InChI is InChI=1S/C9H19NO2/c1-2-3-4-5-6-8-7-9(10)12-11-8/h8-9H,2-7,10H2,1H3. The molecule has 72 valence electrons. The summed E-state index contributed by atoms with van der Waals surface area (Å²) in [6.07, 6.45) is 7.12. The van der Waals surface area contributed by atoms with Gasteiger partial charge in [0.25, 0.3) is 0 Å². The number of hydrogen-bond donors (Lipinski definition) is 1. The molecule has 1 aliphatic rings. The second-order valence-corrected chi connectivity index (χ2v) is 3.44. The molecule has 0 aromatic rings. The fraction of sp³-hybridized carbons (Fsp3) is 1.00. The van der Waals surface area contributed by atoms with E-state index in [2.05, 4.69) is 6.92 Å². The number of nitrogens with two attached hydrogens (primary N) is 1. The van der Waals surface area contributed by atoms with E-state index >= 15 is 0 Å². The van der Waals surface area contributed by atoms with Gasteiger partial charge in [0.05, 0.1) is 6.10 Å². The SMILES string of the molecule is CCCCCCC1CC(N)OO1. The lowest BCUT2D eigenvalue weighted by Crippen LogP contribution is -2.17. The molecular formula is C9H19NO2. The van der Waals surface area contributed by atoms with Crippen molar-refractivity contribution in [3.63, 3.8) is 0 Å². The van der Waals surface area contributed by atoms with Crippen molar-refractivity contribution in [1.82, 2.24) is 0 Å². The molecule has 1 heterocycles. The molecule has 1 saturated heterocycles. The molecule has 12 heavy (non-hydrogen) atoms. The minimum atomic E-state index is -0.193. The molecule has 0 radical (unpaired) electrons. The van der Waals surface area contributed by atoms with Gasteiger partial charge in [-0.15, -0.1) is 0 Å². The zero-order chi connectivity index (χ0) is 8.81. The highest BCUT2D eigenvalue weighted by atomic mass is 17.2. The Hall–Kier alpha value is -0.120. The van der Waals surface area contributed by atoms with E-state index in [1.807, 2.05) is 0 Å². The Balaban J connectivity index is 1.93. The van der Waals surface area contributed by atoms with E-state index in [0.717, 1.165) is 12.8 Å². The fourth-order valence-electron chi connectivity index (χ4n) is 1.45. The van der Waals surface area contributed by atoms with Crippen molar-refractivity contribution in [1.29, 1.82) is 0 Å². The van der Waals surface area contributed by atoms with Crippen LogP contribution in [0.3, 0.4) is 0 Å². The lowest BCUT2D eigenvalue weighted by molar-refractivity contribution is -0.296. The monoisotopic (exact) mass is 173 g/mol. The van der Waals surface area contributed by atoms with Gasteiger partial charge in [-0.3, -0.25) is 0 Å². The molecule has 2 atom stereocenters. The summed E-state index contributed by atoms with van der Waals surface area (Å²) in [4.78, 5) is 9.82. The summed E-state index contributed by atoms with van der Waals surface area (Å²) < 4.78 is 0. The molecule has 0 saturated carbocycles. The molecule has 1 rings (SSSR count). The van der Waals surface area contributed by atoms with Gasteiger partial charge in [-0.2, -0.15) is 0 Å². The van der Waals surface area contributed by atoms with Crippen LogP contribution in [-0.4, -0.2) is 12.3 Å². The average molecular weight is 173 g/mol. The molecular weight excluding hydrogens is 154 g/mol. The van der Waals surface area contributed by atoms with Gasteiger partial charge in [0.15, 0.2) is 0 Å². The molecule has 0 amide bonds. The van der Waals surface area contributed by atoms with E-state index < -0.39 is 0 Å². The Bertz CT molecular complexity index is 119. The number of rotatable bonds is 5. The number of hydrogen-bond acceptors (Lipinski definition) is 3. The molecule has 1 fully saturated rings. The zero-order valence-electron chi connectivity index (χ0n) is 7.79. The summed E-state index contributed by atoms with van der Waals surface area (Å²) in [7, 11) is 0. The van der Waals surface area contributed by atoms with E-state index in [9.17, 15) is 0 Å². The van der Waals surface area contributed by atoms with Gasteiger partial charge in [0.1, 0.15) is 6.23 Å². The van der Waals surface area contributed by atoms with Crippen LogP contribution in [0.1, 0.15) is 45.4 Å². The highest BCUT2D eigenvalue weighted by Gasteiger charge is 2.23. The van der Waals surface area contributed by atoms with Gasteiger partial charge < -0.3 is 5.73 Å². The van der Waals surface area contributed by atoms with Crippen molar-refractivity contribution in [2.45, 2.75) is 57.8 Å². The summed E-state index contributed by atoms with van der Waals surface area (Å²) in [5, 5.41) is 0. The first-order valence-corrected chi connectivity index (χ1v) is 4.90. The Morgan fingerprint density at radius 3 is 2.67 bits per heavy atom. The third kappa shape index (κ3) is 3.52. The highest BCUT2D eigenvalue weighted by Crippen LogP contribution is 2.18. The summed E-state index contributed by atoms with van der Waals surface area (Å²) in [5.74, 6) is 0. The van der Waals surface area contributed by atoms with Crippen LogP contribution in [0.4, 0.5) is 0 Å². The smallest absolute Gasteiger partial charge is 0.143 e. The van der Waals surface area contributed by atoms with Gasteiger partial charge in [-0.1, -0.05) is 32.6 Å². The van der Waals surface area contributed by atoms with Crippen LogP contribution < -0.4 is 5.73 Å². The van der Waals surface area contributed by atoms with E-state index in [1.54, 1.807) is 0 Å². The molecule has 0 aromatic heterocycles. The molecule has 2 unspecified atom stereocenters. The van der Waals surface area contributed by atoms with Crippen LogP contribution in [0.2, 0.25) is 0 Å². The summed E-state index contributed by atoms with van der Waals surface area (Å²) in [6.45, 7) is 2.21. The van der Waals surface area contributed by atoms with E-state index in [4.69, 9.17) is 15.5 Å². The van der Waals surface area contributed by atoms with Crippen LogP contribution >= 0.6 is 0 Å². The predicted molar refractivity (Wildman–Crippen MR) is 47.3 cm³/mol. The third-order valence-corrected chi connectivity index (χ3v) is 2.19. The first-order valence-electron chi connectivity index (χ1n) is 4.90. The van der Waals surface area contributed by atoms with Gasteiger partial charge in [0, 0.05) is 6.42 Å². The Morgan fingerprint density at radius 1 is 1.25 bits per heavy atom. The Labute approximate surface area is 74.1 Å². The van der Waals surface area contributed by atoms with Crippen LogP contribution in [0.25, 0.3) is 0 Å². The quantitative estimate of drug-likeness (QED) is 0.510. The maximum Gasteiger partial charge on any atom is 0.143 e. The molecule has 0 spiro atoms. The van der Waals surface area contributed by atoms with Crippen LogP contribution in [-0.2, 0) is 9.78 Å². The topological polar surface area (TPSA) is 44.5 Å². The van der Waals surface area contributed by atoms with Crippen molar-refractivity contribution in [3.05, 3.63) is 0 Å². The maximum atomic E-state index is 5.51. The normalized spacial score (nSPS) is 29.5.